The minimum absolute atomic E-state index is 0.0770. The maximum Gasteiger partial charge on any atom is 0.419 e. The molecular weight excluding hydrogens is 592 g/mol. The topological polar surface area (TPSA) is 138 Å². The number of hydrogen-bond donors (Lipinski definition) is 1. The number of carbonyl (C=O) groups is 2. The summed E-state index contributed by atoms with van der Waals surface area (Å²) in [6, 6.07) is 11.6. The predicted octanol–water partition coefficient (Wildman–Crippen LogP) is 6.07. The molecule has 0 aliphatic heterocycles. The Kier molecular flexibility index (Phi) is 9.49. The standard InChI is InChI=1S/C33H42N4O7Si/c1-21-16-26(43-19-27(38)41-6)28(23-12-13-36(29(21)23)31(39)44-32(2,3)4)33(5,40)30-35-24-11-10-22(18-34)17-25(24)37(30)20-42-14-15-45(7,8)9/h10-13,16-17,40H,14-15,19-20H2,1-9H3. The lowest BCUT2D eigenvalue weighted by Crippen LogP contribution is -2.30. The molecule has 1 unspecified atom stereocenters. The molecule has 4 aromatic rings. The van der Waals surface area contributed by atoms with E-state index in [2.05, 4.69) is 25.7 Å². The first-order chi connectivity index (χ1) is 21.0. The van der Waals surface area contributed by atoms with Crippen LogP contribution >= 0.6 is 0 Å². The Morgan fingerprint density at radius 1 is 1.11 bits per heavy atom. The zero-order chi connectivity index (χ0) is 33.3. The highest BCUT2D eigenvalue weighted by Crippen LogP contribution is 2.43. The smallest absolute Gasteiger partial charge is 0.419 e. The summed E-state index contributed by atoms with van der Waals surface area (Å²) in [6.45, 7) is 15.7. The van der Waals surface area contributed by atoms with Gasteiger partial charge in [0.05, 0.1) is 35.3 Å². The van der Waals surface area contributed by atoms with Crippen molar-refractivity contribution in [3.05, 3.63) is 59.0 Å². The number of rotatable bonds is 10. The first kappa shape index (κ1) is 33.7. The maximum absolute atomic E-state index is 13.2. The minimum Gasteiger partial charge on any atom is -0.481 e. The number of aryl methyl sites for hydroxylation is 1. The molecule has 45 heavy (non-hydrogen) atoms. The van der Waals surface area contributed by atoms with E-state index in [1.807, 2.05) is 0 Å². The molecule has 1 N–H and O–H groups in total. The number of esters is 1. The molecule has 1 atom stereocenters. The molecule has 240 valence electrons. The van der Waals surface area contributed by atoms with Crippen LogP contribution in [0.2, 0.25) is 25.7 Å². The van der Waals surface area contributed by atoms with Gasteiger partial charge in [0.15, 0.2) is 6.61 Å². The molecule has 2 aromatic heterocycles. The van der Waals surface area contributed by atoms with Gasteiger partial charge in [0.25, 0.3) is 0 Å². The molecule has 11 nitrogen and oxygen atoms in total. The first-order valence-corrected chi connectivity index (χ1v) is 18.5. The third kappa shape index (κ3) is 7.38. The van der Waals surface area contributed by atoms with Gasteiger partial charge in [-0.3, -0.25) is 4.57 Å². The summed E-state index contributed by atoms with van der Waals surface area (Å²) in [6.07, 6.45) is 0.998. The predicted molar refractivity (Wildman–Crippen MR) is 173 cm³/mol. The number of aromatic nitrogens is 3. The van der Waals surface area contributed by atoms with Gasteiger partial charge in [-0.15, -0.1) is 0 Å². The number of methoxy groups -OCH3 is 1. The summed E-state index contributed by atoms with van der Waals surface area (Å²) in [5, 5.41) is 22.7. The highest BCUT2D eigenvalue weighted by atomic mass is 28.3. The molecule has 0 saturated carbocycles. The summed E-state index contributed by atoms with van der Waals surface area (Å²) >= 11 is 0. The Morgan fingerprint density at radius 3 is 2.44 bits per heavy atom. The molecule has 0 amide bonds. The Hall–Kier alpha value is -4.18. The molecular formula is C33H42N4O7Si. The van der Waals surface area contributed by atoms with E-state index in [4.69, 9.17) is 23.9 Å². The lowest BCUT2D eigenvalue weighted by Gasteiger charge is -2.28. The fraction of sp³-hybridized carbons (Fsp3) is 0.455. The van der Waals surface area contributed by atoms with E-state index in [0.29, 0.717) is 39.7 Å². The van der Waals surface area contributed by atoms with E-state index in [9.17, 15) is 20.0 Å². The second-order valence-electron chi connectivity index (χ2n) is 13.5. The van der Waals surface area contributed by atoms with Crippen LogP contribution in [0.1, 0.15) is 50.2 Å². The number of hydrogen-bond acceptors (Lipinski definition) is 9. The van der Waals surface area contributed by atoms with Crippen LogP contribution in [-0.4, -0.2) is 65.3 Å². The Morgan fingerprint density at radius 2 is 1.82 bits per heavy atom. The summed E-state index contributed by atoms with van der Waals surface area (Å²) in [7, 11) is -0.113. The van der Waals surface area contributed by atoms with Crippen molar-refractivity contribution in [3.63, 3.8) is 0 Å². The number of nitriles is 1. The van der Waals surface area contributed by atoms with Crippen molar-refractivity contribution in [2.75, 3.05) is 20.3 Å². The molecule has 0 aliphatic rings. The van der Waals surface area contributed by atoms with Crippen molar-refractivity contribution in [2.24, 2.45) is 0 Å². The van der Waals surface area contributed by atoms with Gasteiger partial charge >= 0.3 is 12.1 Å². The zero-order valence-corrected chi connectivity index (χ0v) is 28.5. The van der Waals surface area contributed by atoms with Gasteiger partial charge in [-0.1, -0.05) is 19.6 Å². The number of nitrogens with zero attached hydrogens (tertiary/aromatic N) is 4. The largest absolute Gasteiger partial charge is 0.481 e. The van der Waals surface area contributed by atoms with E-state index >= 15 is 0 Å². The van der Waals surface area contributed by atoms with Crippen LogP contribution in [0.3, 0.4) is 0 Å². The summed E-state index contributed by atoms with van der Waals surface area (Å²) < 4.78 is 25.7. The van der Waals surface area contributed by atoms with Gasteiger partial charge in [-0.2, -0.15) is 5.26 Å². The van der Waals surface area contributed by atoms with E-state index in [-0.39, 0.29) is 23.9 Å². The van der Waals surface area contributed by atoms with Crippen LogP contribution in [0.25, 0.3) is 21.9 Å². The number of carbonyl (C=O) groups excluding carboxylic acids is 2. The Bertz CT molecular complexity index is 1790. The average molecular weight is 635 g/mol. The highest BCUT2D eigenvalue weighted by Gasteiger charge is 2.38. The molecule has 2 aromatic carbocycles. The van der Waals surface area contributed by atoms with Gasteiger partial charge in [-0.25, -0.2) is 14.6 Å². The Labute approximate surface area is 264 Å². The van der Waals surface area contributed by atoms with Crippen LogP contribution in [0.15, 0.2) is 36.5 Å². The van der Waals surface area contributed by atoms with Crippen molar-refractivity contribution in [3.8, 4) is 11.8 Å². The molecule has 4 rings (SSSR count). The van der Waals surface area contributed by atoms with Gasteiger partial charge in [0.1, 0.15) is 29.5 Å². The second kappa shape index (κ2) is 12.7. The van der Waals surface area contributed by atoms with Gasteiger partial charge in [0, 0.05) is 31.8 Å². The molecule has 12 heteroatoms. The van der Waals surface area contributed by atoms with Crippen LogP contribution in [-0.2, 0) is 31.3 Å². The molecule has 0 fully saturated rings. The van der Waals surface area contributed by atoms with Crippen molar-refractivity contribution in [1.82, 2.24) is 14.1 Å². The second-order valence-corrected chi connectivity index (χ2v) is 19.1. The summed E-state index contributed by atoms with van der Waals surface area (Å²) in [5.74, 6) is -0.149. The molecule has 0 spiro atoms. The van der Waals surface area contributed by atoms with E-state index in [0.717, 1.165) is 6.04 Å². The van der Waals surface area contributed by atoms with Crippen LogP contribution in [0, 0.1) is 18.3 Å². The molecule has 0 radical (unpaired) electrons. The van der Waals surface area contributed by atoms with Crippen LogP contribution in [0.5, 0.6) is 5.75 Å². The fourth-order valence-corrected chi connectivity index (χ4v) is 5.88. The number of ether oxygens (including phenoxy) is 4. The monoisotopic (exact) mass is 634 g/mol. The summed E-state index contributed by atoms with van der Waals surface area (Å²) in [5.41, 5.74) is 0.481. The van der Waals surface area contributed by atoms with E-state index in [1.165, 1.54) is 11.7 Å². The highest BCUT2D eigenvalue weighted by molar-refractivity contribution is 6.76. The van der Waals surface area contributed by atoms with Crippen molar-refractivity contribution < 1.29 is 33.6 Å². The van der Waals surface area contributed by atoms with Crippen molar-refractivity contribution in [2.45, 2.75) is 78.2 Å². The lowest BCUT2D eigenvalue weighted by atomic mass is 9.89. The molecule has 0 aliphatic carbocycles. The fourth-order valence-electron chi connectivity index (χ4n) is 5.12. The minimum atomic E-state index is -1.84. The number of fused-ring (bicyclic) bond motifs is 2. The molecule has 0 saturated heterocycles. The van der Waals surface area contributed by atoms with E-state index in [1.54, 1.807) is 75.7 Å². The third-order valence-electron chi connectivity index (χ3n) is 7.30. The van der Waals surface area contributed by atoms with Crippen molar-refractivity contribution >= 4 is 42.1 Å². The van der Waals surface area contributed by atoms with Crippen molar-refractivity contribution in [1.29, 1.82) is 5.26 Å². The van der Waals surface area contributed by atoms with E-state index < -0.39 is 37.9 Å². The normalized spacial score (nSPS) is 13.4. The van der Waals surface area contributed by atoms with Gasteiger partial charge < -0.3 is 28.6 Å². The quantitative estimate of drug-likeness (QED) is 0.125. The number of aliphatic hydroxyl groups is 1. The molecule has 2 heterocycles. The van der Waals surface area contributed by atoms with Gasteiger partial charge in [-0.05, 0) is 76.6 Å². The van der Waals surface area contributed by atoms with Crippen LogP contribution < -0.4 is 4.74 Å². The third-order valence-corrected chi connectivity index (χ3v) is 9.01. The SMILES string of the molecule is COC(=O)COc1cc(C)c2c(ccn2C(=O)OC(C)(C)C)c1C(C)(O)c1nc2ccc(C#N)cc2n1COCC[Si](C)(C)C. The van der Waals surface area contributed by atoms with Gasteiger partial charge in [0.2, 0.25) is 0 Å². The zero-order valence-electron chi connectivity index (χ0n) is 27.5. The maximum atomic E-state index is 13.2. The lowest BCUT2D eigenvalue weighted by molar-refractivity contribution is -0.143. The Balaban J connectivity index is 1.95. The molecule has 0 bridgehead atoms. The average Bonchev–Trinajstić information content (AvgIpc) is 3.55. The number of imidazole rings is 1. The summed E-state index contributed by atoms with van der Waals surface area (Å²) in [4.78, 5) is 30.2. The van der Waals surface area contributed by atoms with Crippen LogP contribution in [0.4, 0.5) is 4.79 Å². The number of benzene rings is 2. The first-order valence-electron chi connectivity index (χ1n) is 14.8.